The van der Waals surface area contributed by atoms with Crippen LogP contribution in [0.1, 0.15) is 24.8 Å². The van der Waals surface area contributed by atoms with E-state index >= 15 is 0 Å². The number of nitrogens with zero attached hydrogens (tertiary/aromatic N) is 1. The number of amides is 1. The van der Waals surface area contributed by atoms with Crippen molar-refractivity contribution >= 4 is 35.4 Å². The SMILES string of the molecule is O=C[C@@H]1CSCN1C(=O)CCC(=O)C1CCc2ccccc2N1. The van der Waals surface area contributed by atoms with E-state index in [9.17, 15) is 14.4 Å². The van der Waals surface area contributed by atoms with Crippen LogP contribution in [0.15, 0.2) is 24.3 Å². The Bertz CT molecular complexity index is 620. The van der Waals surface area contributed by atoms with Crippen LogP contribution < -0.4 is 5.32 Å². The fraction of sp³-hybridized carbons (Fsp3) is 0.471. The van der Waals surface area contributed by atoms with Crippen LogP contribution in [0.25, 0.3) is 0 Å². The quantitative estimate of drug-likeness (QED) is 0.834. The van der Waals surface area contributed by atoms with Crippen molar-refractivity contribution in [1.29, 1.82) is 0 Å². The van der Waals surface area contributed by atoms with Gasteiger partial charge in [-0.05, 0) is 24.5 Å². The number of aldehydes is 1. The lowest BCUT2D eigenvalue weighted by Crippen LogP contribution is -2.39. The number of hydrogen-bond acceptors (Lipinski definition) is 5. The fourth-order valence-corrected chi connectivity index (χ4v) is 4.19. The third-order valence-corrected chi connectivity index (χ3v) is 5.46. The van der Waals surface area contributed by atoms with Gasteiger partial charge in [-0.25, -0.2) is 0 Å². The molecule has 5 nitrogen and oxygen atoms in total. The summed E-state index contributed by atoms with van der Waals surface area (Å²) >= 11 is 1.57. The average Bonchev–Trinajstić information content (AvgIpc) is 3.07. The number of anilines is 1. The normalized spacial score (nSPS) is 23.0. The summed E-state index contributed by atoms with van der Waals surface area (Å²) in [5, 5.41) is 3.28. The van der Waals surface area contributed by atoms with Gasteiger partial charge in [-0.3, -0.25) is 9.59 Å². The molecular formula is C17H20N2O3S. The number of fused-ring (bicyclic) bond motifs is 1. The molecule has 1 aromatic carbocycles. The Morgan fingerprint density at radius 2 is 2.13 bits per heavy atom. The van der Waals surface area contributed by atoms with Crippen LogP contribution in [-0.2, 0) is 20.8 Å². The zero-order valence-electron chi connectivity index (χ0n) is 12.9. The molecule has 6 heteroatoms. The maximum Gasteiger partial charge on any atom is 0.224 e. The van der Waals surface area contributed by atoms with Gasteiger partial charge in [-0.2, -0.15) is 0 Å². The summed E-state index contributed by atoms with van der Waals surface area (Å²) in [6, 6.07) is 7.45. The molecule has 1 saturated heterocycles. The zero-order valence-corrected chi connectivity index (χ0v) is 13.7. The van der Waals surface area contributed by atoms with Crippen LogP contribution in [0.4, 0.5) is 5.69 Å². The molecule has 3 rings (SSSR count). The van der Waals surface area contributed by atoms with Crippen LogP contribution in [0, 0.1) is 0 Å². The van der Waals surface area contributed by atoms with Gasteiger partial charge in [0.2, 0.25) is 5.91 Å². The van der Waals surface area contributed by atoms with Crippen LogP contribution in [0.2, 0.25) is 0 Å². The molecule has 122 valence electrons. The maximum absolute atomic E-state index is 12.4. The summed E-state index contributed by atoms with van der Waals surface area (Å²) in [5.41, 5.74) is 2.25. The number of hydrogen-bond donors (Lipinski definition) is 1. The summed E-state index contributed by atoms with van der Waals surface area (Å²) in [5.74, 6) is 1.18. The topological polar surface area (TPSA) is 66.5 Å². The standard InChI is InChI=1S/C17H20N2O3S/c20-9-13-10-23-11-19(13)17(22)8-7-16(21)15-6-5-12-3-1-2-4-14(12)18-15/h1-4,9,13,15,18H,5-8,10-11H2/t13-,15?/m1/s1. The van der Waals surface area contributed by atoms with Gasteiger partial charge in [-0.15, -0.1) is 11.8 Å². The van der Waals surface area contributed by atoms with Crippen molar-refractivity contribution in [2.45, 2.75) is 37.8 Å². The number of Topliss-reactive ketones (excluding diaryl/α,β-unsaturated/α-hetero) is 1. The molecule has 2 heterocycles. The average molecular weight is 332 g/mol. The second-order valence-corrected chi connectivity index (χ2v) is 6.93. The maximum atomic E-state index is 12.4. The molecule has 1 aromatic rings. The van der Waals surface area contributed by atoms with E-state index in [4.69, 9.17) is 0 Å². The predicted octanol–water partition coefficient (Wildman–Crippen LogP) is 1.86. The number of para-hydroxylation sites is 1. The fourth-order valence-electron chi connectivity index (χ4n) is 3.06. The Morgan fingerprint density at radius 3 is 2.96 bits per heavy atom. The van der Waals surface area contributed by atoms with E-state index in [1.165, 1.54) is 5.56 Å². The first-order chi connectivity index (χ1) is 11.2. The van der Waals surface area contributed by atoms with Gasteiger partial charge >= 0.3 is 0 Å². The minimum atomic E-state index is -0.331. The van der Waals surface area contributed by atoms with Gasteiger partial charge < -0.3 is 15.0 Å². The predicted molar refractivity (Wildman–Crippen MR) is 90.4 cm³/mol. The van der Waals surface area contributed by atoms with Crippen molar-refractivity contribution in [1.82, 2.24) is 4.90 Å². The number of rotatable bonds is 5. The smallest absolute Gasteiger partial charge is 0.224 e. The number of aryl methyl sites for hydroxylation is 1. The number of benzene rings is 1. The molecule has 23 heavy (non-hydrogen) atoms. The monoisotopic (exact) mass is 332 g/mol. The Morgan fingerprint density at radius 1 is 1.30 bits per heavy atom. The third-order valence-electron chi connectivity index (χ3n) is 4.42. The van der Waals surface area contributed by atoms with Crippen molar-refractivity contribution in [3.8, 4) is 0 Å². The van der Waals surface area contributed by atoms with E-state index in [0.717, 1.165) is 24.8 Å². The molecule has 0 spiro atoms. The van der Waals surface area contributed by atoms with Crippen LogP contribution in [0.3, 0.4) is 0 Å². The number of nitrogens with one attached hydrogen (secondary N) is 1. The number of thioether (sulfide) groups is 1. The molecule has 2 atom stereocenters. The minimum absolute atomic E-state index is 0.0716. The molecule has 1 amide bonds. The van der Waals surface area contributed by atoms with E-state index in [0.29, 0.717) is 11.6 Å². The van der Waals surface area contributed by atoms with Crippen molar-refractivity contribution < 1.29 is 14.4 Å². The highest BCUT2D eigenvalue weighted by Gasteiger charge is 2.30. The first-order valence-electron chi connectivity index (χ1n) is 7.88. The summed E-state index contributed by atoms with van der Waals surface area (Å²) in [6.45, 7) is 0. The number of ketones is 1. The van der Waals surface area contributed by atoms with Crippen molar-refractivity contribution in [2.75, 3.05) is 16.9 Å². The van der Waals surface area contributed by atoms with E-state index < -0.39 is 0 Å². The second-order valence-electron chi connectivity index (χ2n) is 5.93. The molecule has 0 aromatic heterocycles. The summed E-state index contributed by atoms with van der Waals surface area (Å²) in [7, 11) is 0. The Kier molecular flexibility index (Phi) is 5.00. The van der Waals surface area contributed by atoms with Crippen molar-refractivity contribution in [3.63, 3.8) is 0 Å². The number of carbonyl (C=O) groups excluding carboxylic acids is 3. The van der Waals surface area contributed by atoms with Gasteiger partial charge in [0.05, 0.1) is 18.0 Å². The van der Waals surface area contributed by atoms with Crippen molar-refractivity contribution in [3.05, 3.63) is 29.8 Å². The van der Waals surface area contributed by atoms with E-state index in [1.807, 2.05) is 18.2 Å². The van der Waals surface area contributed by atoms with E-state index in [2.05, 4.69) is 11.4 Å². The highest BCUT2D eigenvalue weighted by molar-refractivity contribution is 7.99. The lowest BCUT2D eigenvalue weighted by atomic mass is 9.94. The lowest BCUT2D eigenvalue weighted by molar-refractivity contribution is -0.135. The molecule has 0 radical (unpaired) electrons. The van der Waals surface area contributed by atoms with Crippen LogP contribution in [-0.4, -0.2) is 46.6 Å². The van der Waals surface area contributed by atoms with E-state index in [1.54, 1.807) is 16.7 Å². The van der Waals surface area contributed by atoms with Crippen LogP contribution in [0.5, 0.6) is 0 Å². The molecule has 1 fully saturated rings. The number of carbonyl (C=O) groups is 3. The first kappa shape index (κ1) is 16.1. The Hall–Kier alpha value is -1.82. The highest BCUT2D eigenvalue weighted by atomic mass is 32.2. The molecule has 2 aliphatic rings. The van der Waals surface area contributed by atoms with E-state index in [-0.39, 0.29) is 36.6 Å². The molecule has 1 N–H and O–H groups in total. The Balaban J connectivity index is 1.52. The molecule has 1 unspecified atom stereocenters. The van der Waals surface area contributed by atoms with Gasteiger partial charge in [0.25, 0.3) is 0 Å². The van der Waals surface area contributed by atoms with Gasteiger partial charge in [0.15, 0.2) is 5.78 Å². The Labute approximate surface area is 139 Å². The highest BCUT2D eigenvalue weighted by Crippen LogP contribution is 2.26. The molecule has 0 bridgehead atoms. The summed E-state index contributed by atoms with van der Waals surface area (Å²) < 4.78 is 0. The second kappa shape index (κ2) is 7.17. The van der Waals surface area contributed by atoms with Gasteiger partial charge in [0, 0.05) is 24.3 Å². The third kappa shape index (κ3) is 3.58. The van der Waals surface area contributed by atoms with Crippen LogP contribution >= 0.6 is 11.8 Å². The molecule has 0 aliphatic carbocycles. The van der Waals surface area contributed by atoms with Gasteiger partial charge in [-0.1, -0.05) is 18.2 Å². The molecular weight excluding hydrogens is 312 g/mol. The molecule has 2 aliphatic heterocycles. The van der Waals surface area contributed by atoms with Gasteiger partial charge in [0.1, 0.15) is 6.29 Å². The summed E-state index contributed by atoms with van der Waals surface area (Å²) in [6.07, 6.45) is 2.87. The first-order valence-corrected chi connectivity index (χ1v) is 9.04. The largest absolute Gasteiger partial charge is 0.375 e. The zero-order chi connectivity index (χ0) is 16.2. The lowest BCUT2D eigenvalue weighted by Gasteiger charge is -2.26. The minimum Gasteiger partial charge on any atom is -0.375 e. The van der Waals surface area contributed by atoms with Crippen molar-refractivity contribution in [2.24, 2.45) is 0 Å². The molecule has 0 saturated carbocycles. The summed E-state index contributed by atoms with van der Waals surface area (Å²) in [4.78, 5) is 37.1.